The Labute approximate surface area is 156 Å². The summed E-state index contributed by atoms with van der Waals surface area (Å²) in [5.41, 5.74) is 1.64. The van der Waals surface area contributed by atoms with Gasteiger partial charge in [0.15, 0.2) is 6.61 Å². The summed E-state index contributed by atoms with van der Waals surface area (Å²) in [5, 5.41) is 2.33. The van der Waals surface area contributed by atoms with Crippen LogP contribution in [0.1, 0.15) is 28.7 Å². The van der Waals surface area contributed by atoms with E-state index < -0.39 is 30.3 Å². The second-order valence-corrected chi connectivity index (χ2v) is 5.78. The zero-order chi connectivity index (χ0) is 20.0. The molecule has 0 saturated carbocycles. The van der Waals surface area contributed by atoms with Crippen molar-refractivity contribution in [2.75, 3.05) is 18.5 Å². The van der Waals surface area contributed by atoms with Crippen molar-refractivity contribution >= 4 is 23.5 Å². The molecule has 0 aliphatic heterocycles. The number of aryl methyl sites for hydroxylation is 1. The van der Waals surface area contributed by atoms with Crippen LogP contribution < -0.4 is 5.32 Å². The van der Waals surface area contributed by atoms with Gasteiger partial charge in [-0.1, -0.05) is 12.1 Å². The topological polar surface area (TPSA) is 86.6 Å². The van der Waals surface area contributed by atoms with Gasteiger partial charge in [0.1, 0.15) is 12.4 Å². The number of nitrogens with one attached hydrogen (secondary N) is 1. The van der Waals surface area contributed by atoms with E-state index in [-0.39, 0.29) is 18.8 Å². The molecule has 1 amide bonds. The van der Waals surface area contributed by atoms with Crippen molar-refractivity contribution in [2.24, 2.45) is 0 Å². The number of para-hydroxylation sites is 1. The summed E-state index contributed by atoms with van der Waals surface area (Å²) in [4.78, 5) is 35.7. The maximum absolute atomic E-state index is 13.5. The Morgan fingerprint density at radius 1 is 1.15 bits per heavy atom. The highest BCUT2D eigenvalue weighted by molar-refractivity contribution is 5.93. The molecule has 1 N–H and O–H groups in total. The molecule has 1 aromatic heterocycles. The first-order valence-electron chi connectivity index (χ1n) is 8.37. The predicted molar refractivity (Wildman–Crippen MR) is 95.9 cm³/mol. The third-order valence-corrected chi connectivity index (χ3v) is 3.87. The second kappa shape index (κ2) is 8.98. The fraction of sp³-hybridized carbons (Fsp3) is 0.316. The van der Waals surface area contributed by atoms with E-state index >= 15 is 0 Å². The van der Waals surface area contributed by atoms with Crippen LogP contribution in [0.25, 0.3) is 0 Å². The molecule has 27 heavy (non-hydrogen) atoms. The molecule has 144 valence electrons. The number of carbonyl (C=O) groups excluding carboxylic acids is 3. The SMILES string of the molecule is CCOC(=O)c1cc(C)n(CC(=O)OCC(=O)Nc2ccccc2F)c1C. The first-order valence-corrected chi connectivity index (χ1v) is 8.37. The van der Waals surface area contributed by atoms with Crippen LogP contribution in [-0.4, -0.2) is 35.6 Å². The number of benzene rings is 1. The van der Waals surface area contributed by atoms with Crippen LogP contribution in [0, 0.1) is 19.7 Å². The predicted octanol–water partition coefficient (Wildman–Crippen LogP) is 2.60. The number of carbonyl (C=O) groups is 3. The Morgan fingerprint density at radius 2 is 1.85 bits per heavy atom. The van der Waals surface area contributed by atoms with Crippen LogP contribution in [0.2, 0.25) is 0 Å². The summed E-state index contributed by atoms with van der Waals surface area (Å²) in [6, 6.07) is 7.31. The van der Waals surface area contributed by atoms with Gasteiger partial charge in [-0.3, -0.25) is 9.59 Å². The summed E-state index contributed by atoms with van der Waals surface area (Å²) >= 11 is 0. The highest BCUT2D eigenvalue weighted by Gasteiger charge is 2.19. The molecule has 0 spiro atoms. The number of ether oxygens (including phenoxy) is 2. The Balaban J connectivity index is 1.93. The minimum atomic E-state index is -0.657. The zero-order valence-corrected chi connectivity index (χ0v) is 15.4. The summed E-state index contributed by atoms with van der Waals surface area (Å²) in [6.07, 6.45) is 0. The number of hydrogen-bond acceptors (Lipinski definition) is 5. The standard InChI is InChI=1S/C19H21FN2O5/c1-4-26-19(25)14-9-12(2)22(13(14)3)10-18(24)27-11-17(23)21-16-8-6-5-7-15(16)20/h5-9H,4,10-11H2,1-3H3,(H,21,23). The molecule has 8 heteroatoms. The van der Waals surface area contributed by atoms with Crippen molar-refractivity contribution in [3.8, 4) is 0 Å². The van der Waals surface area contributed by atoms with Crippen LogP contribution in [0.15, 0.2) is 30.3 Å². The van der Waals surface area contributed by atoms with Gasteiger partial charge in [0.05, 0.1) is 17.9 Å². The molecular weight excluding hydrogens is 355 g/mol. The van der Waals surface area contributed by atoms with Crippen LogP contribution in [0.3, 0.4) is 0 Å². The van der Waals surface area contributed by atoms with Crippen molar-refractivity contribution in [1.82, 2.24) is 4.57 Å². The van der Waals surface area contributed by atoms with Crippen molar-refractivity contribution in [3.05, 3.63) is 53.1 Å². The third kappa shape index (κ3) is 5.16. The lowest BCUT2D eigenvalue weighted by molar-refractivity contribution is -0.147. The Kier molecular flexibility index (Phi) is 6.70. The van der Waals surface area contributed by atoms with Crippen molar-refractivity contribution in [3.63, 3.8) is 0 Å². The number of anilines is 1. The minimum absolute atomic E-state index is 0.00901. The molecule has 1 heterocycles. The zero-order valence-electron chi connectivity index (χ0n) is 15.4. The average molecular weight is 376 g/mol. The summed E-state index contributed by atoms with van der Waals surface area (Å²) in [5.74, 6) is -2.35. The number of esters is 2. The van der Waals surface area contributed by atoms with Crippen LogP contribution in [0.4, 0.5) is 10.1 Å². The highest BCUT2D eigenvalue weighted by atomic mass is 19.1. The smallest absolute Gasteiger partial charge is 0.339 e. The van der Waals surface area contributed by atoms with Crippen molar-refractivity contribution in [1.29, 1.82) is 0 Å². The quantitative estimate of drug-likeness (QED) is 0.751. The number of rotatable bonds is 7. The third-order valence-electron chi connectivity index (χ3n) is 3.87. The van der Waals surface area contributed by atoms with E-state index in [1.165, 1.54) is 18.2 Å². The van der Waals surface area contributed by atoms with Gasteiger partial charge >= 0.3 is 11.9 Å². The summed E-state index contributed by atoms with van der Waals surface area (Å²) in [6.45, 7) is 4.69. The molecular formula is C19H21FN2O5. The maximum atomic E-state index is 13.5. The highest BCUT2D eigenvalue weighted by Crippen LogP contribution is 2.16. The number of nitrogens with zero attached hydrogens (tertiary/aromatic N) is 1. The summed E-state index contributed by atoms with van der Waals surface area (Å²) < 4.78 is 25.0. The molecule has 0 saturated heterocycles. The van der Waals surface area contributed by atoms with Gasteiger partial charge in [0.25, 0.3) is 5.91 Å². The van der Waals surface area contributed by atoms with Gasteiger partial charge in [0, 0.05) is 11.4 Å². The van der Waals surface area contributed by atoms with E-state index in [4.69, 9.17) is 9.47 Å². The molecule has 2 aromatic rings. The first-order chi connectivity index (χ1) is 12.8. The number of halogens is 1. The Bertz CT molecular complexity index is 860. The van der Waals surface area contributed by atoms with Gasteiger partial charge in [-0.25, -0.2) is 9.18 Å². The van der Waals surface area contributed by atoms with E-state index in [1.54, 1.807) is 37.5 Å². The van der Waals surface area contributed by atoms with Crippen molar-refractivity contribution < 1.29 is 28.2 Å². The molecule has 0 radical (unpaired) electrons. The van der Waals surface area contributed by atoms with Crippen LogP contribution in [-0.2, 0) is 25.6 Å². The minimum Gasteiger partial charge on any atom is -0.462 e. The lowest BCUT2D eigenvalue weighted by Crippen LogP contribution is -2.24. The van der Waals surface area contributed by atoms with E-state index in [2.05, 4.69) is 5.32 Å². The lowest BCUT2D eigenvalue weighted by atomic mass is 10.2. The fourth-order valence-corrected chi connectivity index (χ4v) is 2.53. The molecule has 7 nitrogen and oxygen atoms in total. The molecule has 0 atom stereocenters. The Hall–Kier alpha value is -3.16. The largest absolute Gasteiger partial charge is 0.462 e. The van der Waals surface area contributed by atoms with Gasteiger partial charge in [-0.15, -0.1) is 0 Å². The number of amides is 1. The number of aromatic nitrogens is 1. The molecule has 1 aromatic carbocycles. The molecule has 0 fully saturated rings. The van der Waals surface area contributed by atoms with E-state index in [0.29, 0.717) is 17.0 Å². The molecule has 2 rings (SSSR count). The Morgan fingerprint density at radius 3 is 2.52 bits per heavy atom. The van der Waals surface area contributed by atoms with Gasteiger partial charge in [-0.2, -0.15) is 0 Å². The van der Waals surface area contributed by atoms with Crippen molar-refractivity contribution in [2.45, 2.75) is 27.3 Å². The molecule has 0 aliphatic carbocycles. The van der Waals surface area contributed by atoms with Crippen LogP contribution >= 0.6 is 0 Å². The van der Waals surface area contributed by atoms with Gasteiger partial charge in [-0.05, 0) is 39.0 Å². The lowest BCUT2D eigenvalue weighted by Gasteiger charge is -2.10. The van der Waals surface area contributed by atoms with Gasteiger partial charge in [0.2, 0.25) is 0 Å². The van der Waals surface area contributed by atoms with Gasteiger partial charge < -0.3 is 19.4 Å². The molecule has 0 aliphatic rings. The average Bonchev–Trinajstić information content (AvgIpc) is 2.90. The van der Waals surface area contributed by atoms with Crippen LogP contribution in [0.5, 0.6) is 0 Å². The normalized spacial score (nSPS) is 10.4. The monoisotopic (exact) mass is 376 g/mol. The maximum Gasteiger partial charge on any atom is 0.339 e. The van der Waals surface area contributed by atoms with E-state index in [0.717, 1.165) is 0 Å². The van der Waals surface area contributed by atoms with E-state index in [1.807, 2.05) is 0 Å². The fourth-order valence-electron chi connectivity index (χ4n) is 2.53. The van der Waals surface area contributed by atoms with E-state index in [9.17, 15) is 18.8 Å². The summed E-state index contributed by atoms with van der Waals surface area (Å²) in [7, 11) is 0. The molecule has 0 unspecified atom stereocenters. The molecule has 0 bridgehead atoms. The first kappa shape index (κ1) is 20.2. The number of hydrogen-bond donors (Lipinski definition) is 1. The second-order valence-electron chi connectivity index (χ2n) is 5.78.